The number of hydrogen-bond donors (Lipinski definition) is 0. The van der Waals surface area contributed by atoms with E-state index in [0.717, 1.165) is 11.4 Å². The molecule has 1 aromatic heterocycles. The van der Waals surface area contributed by atoms with E-state index >= 15 is 0 Å². The highest BCUT2D eigenvalue weighted by atomic mass is 32.1. The number of para-hydroxylation sites is 1. The Hall–Kier alpha value is -7.78. The maximum absolute atomic E-state index is 2.50. The van der Waals surface area contributed by atoms with Gasteiger partial charge >= 0.3 is 0 Å². The van der Waals surface area contributed by atoms with E-state index < -0.39 is 10.8 Å². The SMILES string of the molecule is c1ccc(N(c2ccc3c(c2)sc2c(C4(c5ccccc5)c5ccccc5-c5ccccc54)cccc23)c2cccc3c2-c2ccccc2C32c3ccccc3-c3ccccc32)cc1. The van der Waals surface area contributed by atoms with E-state index in [2.05, 4.69) is 241 Å². The van der Waals surface area contributed by atoms with Gasteiger partial charge in [0.2, 0.25) is 0 Å². The van der Waals surface area contributed by atoms with Gasteiger partial charge in [-0.05, 0) is 103 Å². The summed E-state index contributed by atoms with van der Waals surface area (Å²) in [5.74, 6) is 0. The summed E-state index contributed by atoms with van der Waals surface area (Å²) in [7, 11) is 0. The Morgan fingerprint density at radius 2 is 0.781 bits per heavy atom. The fourth-order valence-corrected chi connectivity index (χ4v) is 13.5. The van der Waals surface area contributed by atoms with Gasteiger partial charge in [-0.15, -0.1) is 11.3 Å². The molecule has 0 unspecified atom stereocenters. The summed E-state index contributed by atoms with van der Waals surface area (Å²) in [6.07, 6.45) is 0. The molecule has 0 fully saturated rings. The van der Waals surface area contributed by atoms with Crippen molar-refractivity contribution >= 4 is 48.6 Å². The van der Waals surface area contributed by atoms with Gasteiger partial charge in [0.1, 0.15) is 0 Å². The van der Waals surface area contributed by atoms with E-state index in [1.165, 1.54) is 104 Å². The monoisotopic (exact) mass is 829 g/mol. The number of nitrogens with zero attached hydrogens (tertiary/aromatic N) is 1. The van der Waals surface area contributed by atoms with Crippen molar-refractivity contribution in [2.45, 2.75) is 10.8 Å². The lowest BCUT2D eigenvalue weighted by Crippen LogP contribution is -2.28. The Morgan fingerprint density at radius 1 is 0.312 bits per heavy atom. The van der Waals surface area contributed by atoms with Gasteiger partial charge in [0.05, 0.1) is 16.5 Å². The minimum absolute atomic E-state index is 0.421. The van der Waals surface area contributed by atoms with Gasteiger partial charge in [-0.25, -0.2) is 0 Å². The van der Waals surface area contributed by atoms with Crippen molar-refractivity contribution < 1.29 is 0 Å². The largest absolute Gasteiger partial charge is 0.310 e. The number of thiophene rings is 1. The molecule has 14 rings (SSSR count). The molecule has 1 nitrogen and oxygen atoms in total. The van der Waals surface area contributed by atoms with Gasteiger partial charge in [-0.1, -0.05) is 206 Å². The number of rotatable bonds is 5. The molecular weight excluding hydrogens is 791 g/mol. The van der Waals surface area contributed by atoms with Crippen molar-refractivity contribution in [2.75, 3.05) is 4.90 Å². The Labute approximate surface area is 376 Å². The van der Waals surface area contributed by atoms with Crippen LogP contribution in [0.4, 0.5) is 17.1 Å². The van der Waals surface area contributed by atoms with E-state index in [1.807, 2.05) is 11.3 Å². The van der Waals surface area contributed by atoms with Crippen LogP contribution in [0.15, 0.2) is 237 Å². The maximum Gasteiger partial charge on any atom is 0.0727 e. The zero-order chi connectivity index (χ0) is 42.0. The maximum atomic E-state index is 2.50. The van der Waals surface area contributed by atoms with Crippen LogP contribution in [0.2, 0.25) is 0 Å². The lowest BCUT2D eigenvalue weighted by Gasteiger charge is -2.34. The molecule has 2 heteroatoms. The molecule has 1 heterocycles. The van der Waals surface area contributed by atoms with Crippen molar-refractivity contribution in [3.8, 4) is 33.4 Å². The van der Waals surface area contributed by atoms with E-state index in [-0.39, 0.29) is 0 Å². The van der Waals surface area contributed by atoms with Gasteiger partial charge in [0.25, 0.3) is 0 Å². The molecule has 1 spiro atoms. The summed E-state index contributed by atoms with van der Waals surface area (Å²) in [5.41, 5.74) is 21.1. The molecule has 11 aromatic rings. The molecule has 0 saturated heterocycles. The summed E-state index contributed by atoms with van der Waals surface area (Å²) in [6, 6.07) is 88.7. The third kappa shape index (κ3) is 4.53. The fourth-order valence-electron chi connectivity index (χ4n) is 12.2. The second kappa shape index (κ2) is 13.4. The third-order valence-corrected chi connectivity index (χ3v) is 15.8. The first-order valence-corrected chi connectivity index (χ1v) is 23.1. The van der Waals surface area contributed by atoms with Gasteiger partial charge < -0.3 is 4.90 Å². The van der Waals surface area contributed by atoms with Crippen LogP contribution in [0.5, 0.6) is 0 Å². The predicted octanol–water partition coefficient (Wildman–Crippen LogP) is 16.2. The standard InChI is InChI=1S/C62H39NS/c1-3-19-40(20-4-1)61(50-29-12-7-23-43(50)44-24-8-13-30-51(44)61)56-35-17-28-48-47-38-37-42(39-58(47)64-60(48)56)63(41-21-5-2-6-22-41)57-36-18-34-55-59(57)49-27-11-16-33-54(49)62(55)52-31-14-9-25-45(52)46-26-10-15-32-53(46)62/h1-39H. The fraction of sp³-hybridized carbons (Fsp3) is 0.0323. The van der Waals surface area contributed by atoms with Gasteiger partial charge in [0.15, 0.2) is 0 Å². The summed E-state index contributed by atoms with van der Waals surface area (Å²) in [6.45, 7) is 0. The second-order valence-corrected chi connectivity index (χ2v) is 18.5. The van der Waals surface area contributed by atoms with E-state index in [1.54, 1.807) is 0 Å². The third-order valence-electron chi connectivity index (χ3n) is 14.6. The molecule has 0 amide bonds. The van der Waals surface area contributed by atoms with Gasteiger partial charge in [0, 0.05) is 37.1 Å². The molecule has 298 valence electrons. The Kier molecular flexibility index (Phi) is 7.47. The van der Waals surface area contributed by atoms with Crippen LogP contribution in [-0.4, -0.2) is 0 Å². The number of anilines is 3. The molecule has 0 atom stereocenters. The van der Waals surface area contributed by atoms with E-state index in [0.29, 0.717) is 0 Å². The van der Waals surface area contributed by atoms with Crippen LogP contribution in [0, 0.1) is 0 Å². The first-order valence-electron chi connectivity index (χ1n) is 22.3. The highest BCUT2D eigenvalue weighted by Gasteiger charge is 2.52. The summed E-state index contributed by atoms with van der Waals surface area (Å²) in [5, 5.41) is 2.57. The number of benzene rings is 10. The molecule has 10 aromatic carbocycles. The van der Waals surface area contributed by atoms with Crippen LogP contribution in [0.1, 0.15) is 44.5 Å². The lowest BCUT2D eigenvalue weighted by atomic mass is 9.67. The average molecular weight is 830 g/mol. The topological polar surface area (TPSA) is 3.24 Å². The van der Waals surface area contributed by atoms with Gasteiger partial charge in [-0.3, -0.25) is 0 Å². The van der Waals surface area contributed by atoms with Crippen LogP contribution >= 0.6 is 11.3 Å². The van der Waals surface area contributed by atoms with Crippen molar-refractivity contribution in [1.82, 2.24) is 0 Å². The number of hydrogen-bond acceptors (Lipinski definition) is 2. The Morgan fingerprint density at radius 3 is 1.39 bits per heavy atom. The summed E-state index contributed by atoms with van der Waals surface area (Å²) >= 11 is 1.93. The quantitative estimate of drug-likeness (QED) is 0.167. The molecule has 0 N–H and O–H groups in total. The molecule has 0 saturated carbocycles. The summed E-state index contributed by atoms with van der Waals surface area (Å²) < 4.78 is 2.60. The zero-order valence-electron chi connectivity index (χ0n) is 34.9. The highest BCUT2D eigenvalue weighted by Crippen LogP contribution is 2.65. The molecule has 3 aliphatic rings. The van der Waals surface area contributed by atoms with Crippen molar-refractivity contribution in [3.63, 3.8) is 0 Å². The molecule has 64 heavy (non-hydrogen) atoms. The summed E-state index contributed by atoms with van der Waals surface area (Å²) in [4.78, 5) is 2.50. The normalized spacial score (nSPS) is 14.2. The molecule has 3 aliphatic carbocycles. The smallest absolute Gasteiger partial charge is 0.0727 e. The minimum atomic E-state index is -0.473. The molecular formula is C62H39NS. The van der Waals surface area contributed by atoms with Crippen LogP contribution in [0.3, 0.4) is 0 Å². The van der Waals surface area contributed by atoms with Crippen molar-refractivity contribution in [2.24, 2.45) is 0 Å². The second-order valence-electron chi connectivity index (χ2n) is 17.4. The highest BCUT2D eigenvalue weighted by molar-refractivity contribution is 7.26. The van der Waals surface area contributed by atoms with Crippen LogP contribution in [0.25, 0.3) is 53.6 Å². The Balaban J connectivity index is 1.01. The minimum Gasteiger partial charge on any atom is -0.310 e. The lowest BCUT2D eigenvalue weighted by molar-refractivity contribution is 0.778. The predicted molar refractivity (Wildman–Crippen MR) is 268 cm³/mol. The van der Waals surface area contributed by atoms with E-state index in [9.17, 15) is 0 Å². The molecule has 0 aliphatic heterocycles. The first-order chi connectivity index (χ1) is 31.8. The van der Waals surface area contributed by atoms with E-state index in [4.69, 9.17) is 0 Å². The Bertz CT molecular complexity index is 3600. The van der Waals surface area contributed by atoms with Crippen molar-refractivity contribution in [3.05, 3.63) is 281 Å². The molecule has 0 radical (unpaired) electrons. The molecule has 0 bridgehead atoms. The first kappa shape index (κ1) is 35.8. The average Bonchev–Trinajstić information content (AvgIpc) is 4.08. The van der Waals surface area contributed by atoms with Crippen LogP contribution < -0.4 is 4.90 Å². The van der Waals surface area contributed by atoms with Crippen molar-refractivity contribution in [1.29, 1.82) is 0 Å². The number of fused-ring (bicyclic) bond motifs is 16. The zero-order valence-corrected chi connectivity index (χ0v) is 35.7. The van der Waals surface area contributed by atoms with Crippen LogP contribution in [-0.2, 0) is 10.8 Å². The van der Waals surface area contributed by atoms with Gasteiger partial charge in [-0.2, -0.15) is 0 Å².